The Morgan fingerprint density at radius 3 is 2.60 bits per heavy atom. The fraction of sp³-hybridized carbons (Fsp3) is 0.636. The molecule has 4 nitrogen and oxygen atoms in total. The first-order valence-corrected chi connectivity index (χ1v) is 5.44. The van der Waals surface area contributed by atoms with Crippen molar-refractivity contribution in [1.82, 2.24) is 10.2 Å². The van der Waals surface area contributed by atoms with Crippen LogP contribution in [0.5, 0.6) is 5.88 Å². The van der Waals surface area contributed by atoms with E-state index in [1.807, 2.05) is 12.1 Å². The highest BCUT2D eigenvalue weighted by Gasteiger charge is 2.65. The van der Waals surface area contributed by atoms with Gasteiger partial charge < -0.3 is 10.5 Å². The van der Waals surface area contributed by atoms with Crippen molar-refractivity contribution in [1.29, 1.82) is 0 Å². The zero-order valence-electron chi connectivity index (χ0n) is 8.81. The number of rotatable bonds is 2. The fourth-order valence-electron chi connectivity index (χ4n) is 3.04. The molecule has 1 heterocycles. The summed E-state index contributed by atoms with van der Waals surface area (Å²) in [5, 5.41) is 8.14. The molecular weight excluding hydrogens is 190 g/mol. The van der Waals surface area contributed by atoms with E-state index in [-0.39, 0.29) is 5.54 Å². The summed E-state index contributed by atoms with van der Waals surface area (Å²) in [7, 11) is 1.59. The van der Waals surface area contributed by atoms with Crippen LogP contribution in [0, 0.1) is 11.8 Å². The zero-order valence-corrected chi connectivity index (χ0v) is 8.81. The Balaban J connectivity index is 1.88. The third-order valence-corrected chi connectivity index (χ3v) is 3.93. The van der Waals surface area contributed by atoms with E-state index in [2.05, 4.69) is 10.2 Å². The van der Waals surface area contributed by atoms with Crippen molar-refractivity contribution in [2.45, 2.75) is 24.8 Å². The first-order valence-electron chi connectivity index (χ1n) is 5.44. The molecule has 2 unspecified atom stereocenters. The Morgan fingerprint density at radius 2 is 2.07 bits per heavy atom. The molecule has 2 fully saturated rings. The smallest absolute Gasteiger partial charge is 0.233 e. The van der Waals surface area contributed by atoms with Gasteiger partial charge in [0.25, 0.3) is 0 Å². The summed E-state index contributed by atoms with van der Waals surface area (Å²) in [4.78, 5) is 0. The first kappa shape index (κ1) is 9.09. The molecule has 3 rings (SSSR count). The number of nitrogens with two attached hydrogens (primary N) is 1. The van der Waals surface area contributed by atoms with E-state index in [4.69, 9.17) is 10.5 Å². The zero-order chi connectivity index (χ0) is 10.5. The normalized spacial score (nSPS) is 37.5. The van der Waals surface area contributed by atoms with Crippen LogP contribution in [0.2, 0.25) is 0 Å². The number of ether oxygens (including phenoxy) is 1. The van der Waals surface area contributed by atoms with Crippen molar-refractivity contribution in [2.24, 2.45) is 17.6 Å². The summed E-state index contributed by atoms with van der Waals surface area (Å²) in [5.74, 6) is 1.83. The number of fused-ring (bicyclic) bond motifs is 1. The number of nitrogens with zero attached hydrogens (tertiary/aromatic N) is 2. The molecule has 0 bridgehead atoms. The second-order valence-electron chi connectivity index (χ2n) is 4.54. The predicted octanol–water partition coefficient (Wildman–Crippen LogP) is 1.07. The van der Waals surface area contributed by atoms with Crippen LogP contribution < -0.4 is 10.5 Å². The van der Waals surface area contributed by atoms with Crippen LogP contribution in [0.15, 0.2) is 12.1 Å². The topological polar surface area (TPSA) is 61.0 Å². The van der Waals surface area contributed by atoms with Gasteiger partial charge in [0.2, 0.25) is 5.88 Å². The van der Waals surface area contributed by atoms with E-state index >= 15 is 0 Å². The lowest BCUT2D eigenvalue weighted by Gasteiger charge is -2.13. The minimum absolute atomic E-state index is 0.183. The molecule has 0 saturated heterocycles. The highest BCUT2D eigenvalue weighted by atomic mass is 16.5. The number of methoxy groups -OCH3 is 1. The summed E-state index contributed by atoms with van der Waals surface area (Å²) in [6.45, 7) is 0. The van der Waals surface area contributed by atoms with Gasteiger partial charge in [0, 0.05) is 6.07 Å². The number of hydrogen-bond acceptors (Lipinski definition) is 4. The third-order valence-electron chi connectivity index (χ3n) is 3.93. The van der Waals surface area contributed by atoms with Crippen LogP contribution in [-0.2, 0) is 5.54 Å². The summed E-state index contributed by atoms with van der Waals surface area (Å²) < 4.78 is 4.98. The quantitative estimate of drug-likeness (QED) is 0.784. The van der Waals surface area contributed by atoms with Crippen molar-refractivity contribution < 1.29 is 4.74 Å². The molecule has 15 heavy (non-hydrogen) atoms. The van der Waals surface area contributed by atoms with Crippen molar-refractivity contribution in [3.05, 3.63) is 17.8 Å². The fourth-order valence-corrected chi connectivity index (χ4v) is 3.04. The van der Waals surface area contributed by atoms with Crippen LogP contribution in [0.4, 0.5) is 0 Å². The lowest BCUT2D eigenvalue weighted by molar-refractivity contribution is 0.388. The second kappa shape index (κ2) is 2.92. The Morgan fingerprint density at radius 1 is 1.33 bits per heavy atom. The van der Waals surface area contributed by atoms with Crippen molar-refractivity contribution in [2.75, 3.05) is 7.11 Å². The molecule has 0 radical (unpaired) electrons. The molecule has 2 aliphatic rings. The minimum atomic E-state index is -0.183. The third kappa shape index (κ3) is 1.11. The standard InChI is InChI=1S/C11H15N3O/c1-15-10-6-5-9(13-14-10)11(12)7-3-2-4-8(7)11/h5-8H,2-4,12H2,1H3. The van der Waals surface area contributed by atoms with Gasteiger partial charge in [-0.2, -0.15) is 0 Å². The van der Waals surface area contributed by atoms with Gasteiger partial charge in [-0.3, -0.25) is 0 Å². The second-order valence-corrected chi connectivity index (χ2v) is 4.54. The molecule has 2 atom stereocenters. The molecule has 0 aromatic carbocycles. The predicted molar refractivity (Wildman–Crippen MR) is 55.3 cm³/mol. The molecule has 4 heteroatoms. The average molecular weight is 205 g/mol. The van der Waals surface area contributed by atoms with Gasteiger partial charge >= 0.3 is 0 Å². The summed E-state index contributed by atoms with van der Waals surface area (Å²) >= 11 is 0. The van der Waals surface area contributed by atoms with Crippen molar-refractivity contribution in [3.63, 3.8) is 0 Å². The minimum Gasteiger partial charge on any atom is -0.480 e. The van der Waals surface area contributed by atoms with Crippen molar-refractivity contribution >= 4 is 0 Å². The maximum atomic E-state index is 6.37. The maximum absolute atomic E-state index is 6.37. The van der Waals surface area contributed by atoms with Gasteiger partial charge in [-0.05, 0) is 30.7 Å². The molecule has 0 spiro atoms. The van der Waals surface area contributed by atoms with E-state index in [0.717, 1.165) is 5.69 Å². The number of aromatic nitrogens is 2. The van der Waals surface area contributed by atoms with Gasteiger partial charge in [0.05, 0.1) is 18.3 Å². The molecule has 2 saturated carbocycles. The summed E-state index contributed by atoms with van der Waals surface area (Å²) in [6, 6.07) is 3.79. The monoisotopic (exact) mass is 205 g/mol. The molecule has 1 aromatic heterocycles. The highest BCUT2D eigenvalue weighted by Crippen LogP contribution is 2.63. The van der Waals surface area contributed by atoms with Gasteiger partial charge in [0.1, 0.15) is 0 Å². The molecule has 1 aromatic rings. The van der Waals surface area contributed by atoms with Crippen LogP contribution in [0.25, 0.3) is 0 Å². The van der Waals surface area contributed by atoms with E-state index in [1.165, 1.54) is 19.3 Å². The van der Waals surface area contributed by atoms with E-state index < -0.39 is 0 Å². The first-order chi connectivity index (χ1) is 7.26. The summed E-state index contributed by atoms with van der Waals surface area (Å²) in [5.41, 5.74) is 7.11. The Kier molecular flexibility index (Phi) is 1.77. The Labute approximate surface area is 88.8 Å². The van der Waals surface area contributed by atoms with Gasteiger partial charge in [-0.1, -0.05) is 6.42 Å². The van der Waals surface area contributed by atoms with Gasteiger partial charge in [-0.25, -0.2) is 0 Å². The molecule has 0 amide bonds. The lowest BCUT2D eigenvalue weighted by atomic mass is 10.0. The number of hydrogen-bond donors (Lipinski definition) is 1. The maximum Gasteiger partial charge on any atom is 0.233 e. The van der Waals surface area contributed by atoms with Gasteiger partial charge in [0.15, 0.2) is 0 Å². The highest BCUT2D eigenvalue weighted by molar-refractivity contribution is 5.31. The SMILES string of the molecule is COc1ccc(C2(N)C3CCCC32)nn1. The van der Waals surface area contributed by atoms with Crippen molar-refractivity contribution in [3.8, 4) is 5.88 Å². The molecule has 2 N–H and O–H groups in total. The molecular formula is C11H15N3O. The van der Waals surface area contributed by atoms with E-state index in [0.29, 0.717) is 17.7 Å². The van der Waals surface area contributed by atoms with Crippen LogP contribution in [0.1, 0.15) is 25.0 Å². The lowest BCUT2D eigenvalue weighted by Crippen LogP contribution is -2.27. The molecule has 2 aliphatic carbocycles. The largest absolute Gasteiger partial charge is 0.480 e. The molecule has 0 aliphatic heterocycles. The Hall–Kier alpha value is -1.16. The van der Waals surface area contributed by atoms with E-state index in [1.54, 1.807) is 7.11 Å². The summed E-state index contributed by atoms with van der Waals surface area (Å²) in [6.07, 6.45) is 3.81. The van der Waals surface area contributed by atoms with E-state index in [9.17, 15) is 0 Å². The van der Waals surface area contributed by atoms with Crippen LogP contribution in [0.3, 0.4) is 0 Å². The van der Waals surface area contributed by atoms with Crippen LogP contribution >= 0.6 is 0 Å². The average Bonchev–Trinajstić information content (AvgIpc) is 2.71. The van der Waals surface area contributed by atoms with Gasteiger partial charge in [-0.15, -0.1) is 10.2 Å². The van der Waals surface area contributed by atoms with Crippen LogP contribution in [-0.4, -0.2) is 17.3 Å². The molecule has 80 valence electrons. The Bertz CT molecular complexity index is 366.